The number of hydrogen-bond acceptors (Lipinski definition) is 2. The second kappa shape index (κ2) is 5.43. The normalized spacial score (nSPS) is 16.3. The molecule has 19 heavy (non-hydrogen) atoms. The fourth-order valence-electron chi connectivity index (χ4n) is 2.77. The summed E-state index contributed by atoms with van der Waals surface area (Å²) in [5, 5.41) is 10.4. The Morgan fingerprint density at radius 3 is 2.42 bits per heavy atom. The van der Waals surface area contributed by atoms with Crippen LogP contribution in [-0.2, 0) is 19.3 Å². The van der Waals surface area contributed by atoms with Crippen molar-refractivity contribution in [2.75, 3.05) is 0 Å². The maximum atomic E-state index is 10.4. The minimum Gasteiger partial charge on any atom is -0.392 e. The number of aliphatic hydroxyl groups excluding tert-OH is 1. The molecule has 1 aromatic heterocycles. The van der Waals surface area contributed by atoms with Crippen molar-refractivity contribution in [3.8, 4) is 0 Å². The molecule has 1 unspecified atom stereocenters. The Labute approximate surface area is 121 Å². The van der Waals surface area contributed by atoms with E-state index < -0.39 is 0 Å². The Balaban J connectivity index is 1.66. The first-order valence-electron chi connectivity index (χ1n) is 6.57. The van der Waals surface area contributed by atoms with Gasteiger partial charge in [0.1, 0.15) is 0 Å². The molecule has 0 saturated carbocycles. The zero-order chi connectivity index (χ0) is 13.2. The van der Waals surface area contributed by atoms with Crippen LogP contribution in [0.15, 0.2) is 47.1 Å². The molecule has 0 fully saturated rings. The lowest BCUT2D eigenvalue weighted by molar-refractivity contribution is 0.112. The largest absolute Gasteiger partial charge is 0.392 e. The van der Waals surface area contributed by atoms with Crippen molar-refractivity contribution in [2.24, 2.45) is 5.92 Å². The fourth-order valence-corrected chi connectivity index (χ4v) is 3.01. The molecule has 1 aliphatic rings. The number of aromatic nitrogens is 1. The molecule has 3 rings (SSSR count). The molecular formula is C16H16BrNO. The predicted molar refractivity (Wildman–Crippen MR) is 79.0 cm³/mol. The number of pyridine rings is 1. The van der Waals surface area contributed by atoms with E-state index in [1.165, 1.54) is 11.1 Å². The molecule has 1 aromatic carbocycles. The van der Waals surface area contributed by atoms with E-state index in [1.807, 2.05) is 12.1 Å². The Hall–Kier alpha value is -1.19. The minimum atomic E-state index is -0.318. The first kappa shape index (κ1) is 12.8. The highest BCUT2D eigenvalue weighted by atomic mass is 79.9. The second-order valence-electron chi connectivity index (χ2n) is 5.18. The molecule has 0 aliphatic heterocycles. The number of nitrogens with zero attached hydrogens (tertiary/aromatic N) is 1. The molecule has 0 amide bonds. The summed E-state index contributed by atoms with van der Waals surface area (Å²) in [6, 6.07) is 12.4. The van der Waals surface area contributed by atoms with Gasteiger partial charge in [-0.15, -0.1) is 0 Å². The summed E-state index contributed by atoms with van der Waals surface area (Å²) in [6.45, 7) is 0. The van der Waals surface area contributed by atoms with Crippen molar-refractivity contribution in [3.63, 3.8) is 0 Å². The van der Waals surface area contributed by atoms with E-state index in [2.05, 4.69) is 45.2 Å². The summed E-state index contributed by atoms with van der Waals surface area (Å²) in [5.74, 6) is 0.322. The van der Waals surface area contributed by atoms with Crippen molar-refractivity contribution in [1.29, 1.82) is 0 Å². The summed E-state index contributed by atoms with van der Waals surface area (Å²) >= 11 is 3.37. The molecule has 0 spiro atoms. The SMILES string of the molecule is OC(Cc1ccc(Br)cn1)C1Cc2ccccc2C1. The lowest BCUT2D eigenvalue weighted by atomic mass is 9.95. The van der Waals surface area contributed by atoms with Gasteiger partial charge in [-0.2, -0.15) is 0 Å². The number of aliphatic hydroxyl groups is 1. The van der Waals surface area contributed by atoms with Crippen LogP contribution in [0.5, 0.6) is 0 Å². The van der Waals surface area contributed by atoms with Crippen LogP contribution < -0.4 is 0 Å². The van der Waals surface area contributed by atoms with Crippen molar-refractivity contribution in [2.45, 2.75) is 25.4 Å². The topological polar surface area (TPSA) is 33.1 Å². The lowest BCUT2D eigenvalue weighted by Gasteiger charge is -2.17. The third-order valence-corrected chi connectivity index (χ3v) is 4.30. The fraction of sp³-hybridized carbons (Fsp3) is 0.312. The van der Waals surface area contributed by atoms with Crippen molar-refractivity contribution in [3.05, 3.63) is 63.9 Å². The third-order valence-electron chi connectivity index (χ3n) is 3.83. The lowest BCUT2D eigenvalue weighted by Crippen LogP contribution is -2.23. The molecule has 3 heteroatoms. The van der Waals surface area contributed by atoms with Gasteiger partial charge in [-0.05, 0) is 57.9 Å². The summed E-state index contributed by atoms with van der Waals surface area (Å²) in [5.41, 5.74) is 3.72. The number of rotatable bonds is 3. The summed E-state index contributed by atoms with van der Waals surface area (Å²) in [7, 11) is 0. The molecule has 2 nitrogen and oxygen atoms in total. The molecule has 1 heterocycles. The molecular weight excluding hydrogens is 302 g/mol. The Morgan fingerprint density at radius 2 is 1.84 bits per heavy atom. The van der Waals surface area contributed by atoms with E-state index in [9.17, 15) is 5.11 Å². The highest BCUT2D eigenvalue weighted by molar-refractivity contribution is 9.10. The van der Waals surface area contributed by atoms with Gasteiger partial charge in [-0.3, -0.25) is 4.98 Å². The molecule has 0 saturated heterocycles. The van der Waals surface area contributed by atoms with Crippen LogP contribution in [0.25, 0.3) is 0 Å². The van der Waals surface area contributed by atoms with Crippen molar-refractivity contribution in [1.82, 2.24) is 4.98 Å². The zero-order valence-electron chi connectivity index (χ0n) is 10.6. The van der Waals surface area contributed by atoms with E-state index >= 15 is 0 Å². The van der Waals surface area contributed by atoms with Crippen LogP contribution in [0.1, 0.15) is 16.8 Å². The Morgan fingerprint density at radius 1 is 1.16 bits per heavy atom. The molecule has 1 atom stereocenters. The van der Waals surface area contributed by atoms with Gasteiger partial charge >= 0.3 is 0 Å². The minimum absolute atomic E-state index is 0.318. The van der Waals surface area contributed by atoms with Gasteiger partial charge in [0.05, 0.1) is 6.10 Å². The highest BCUT2D eigenvalue weighted by Gasteiger charge is 2.27. The van der Waals surface area contributed by atoms with Crippen LogP contribution in [0.4, 0.5) is 0 Å². The smallest absolute Gasteiger partial charge is 0.0630 e. The van der Waals surface area contributed by atoms with Gasteiger partial charge in [0.15, 0.2) is 0 Å². The van der Waals surface area contributed by atoms with Crippen LogP contribution in [0, 0.1) is 5.92 Å². The monoisotopic (exact) mass is 317 g/mol. The molecule has 2 aromatic rings. The van der Waals surface area contributed by atoms with Gasteiger partial charge in [0.25, 0.3) is 0 Å². The molecule has 0 bridgehead atoms. The van der Waals surface area contributed by atoms with Crippen LogP contribution in [0.2, 0.25) is 0 Å². The molecule has 98 valence electrons. The van der Waals surface area contributed by atoms with Gasteiger partial charge < -0.3 is 5.11 Å². The number of fused-ring (bicyclic) bond motifs is 1. The molecule has 0 radical (unpaired) electrons. The van der Waals surface area contributed by atoms with Gasteiger partial charge in [-0.25, -0.2) is 0 Å². The standard InChI is InChI=1S/C16H16BrNO/c17-14-5-6-15(18-10-14)9-16(19)13-7-11-3-1-2-4-12(11)8-13/h1-6,10,13,16,19H,7-9H2. The van der Waals surface area contributed by atoms with Gasteiger partial charge in [-0.1, -0.05) is 24.3 Å². The average Bonchev–Trinajstić information content (AvgIpc) is 2.85. The van der Waals surface area contributed by atoms with Crippen LogP contribution in [0.3, 0.4) is 0 Å². The first-order valence-corrected chi connectivity index (χ1v) is 7.37. The van der Waals surface area contributed by atoms with E-state index in [0.29, 0.717) is 12.3 Å². The van der Waals surface area contributed by atoms with E-state index in [4.69, 9.17) is 0 Å². The van der Waals surface area contributed by atoms with Crippen molar-refractivity contribution < 1.29 is 5.11 Å². The summed E-state index contributed by atoms with van der Waals surface area (Å²) in [6.07, 6.45) is 4.06. The highest BCUT2D eigenvalue weighted by Crippen LogP contribution is 2.29. The summed E-state index contributed by atoms with van der Waals surface area (Å²) < 4.78 is 0.971. The maximum Gasteiger partial charge on any atom is 0.0630 e. The third kappa shape index (κ3) is 2.88. The van der Waals surface area contributed by atoms with Gasteiger partial charge in [0, 0.05) is 22.8 Å². The first-order chi connectivity index (χ1) is 9.22. The molecule has 1 N–H and O–H groups in total. The number of halogens is 1. The predicted octanol–water partition coefficient (Wildman–Crippen LogP) is 3.16. The second-order valence-corrected chi connectivity index (χ2v) is 6.09. The Kier molecular flexibility index (Phi) is 3.67. The maximum absolute atomic E-state index is 10.4. The Bertz CT molecular complexity index is 542. The van der Waals surface area contributed by atoms with Crippen LogP contribution >= 0.6 is 15.9 Å². The number of benzene rings is 1. The van der Waals surface area contributed by atoms with Crippen molar-refractivity contribution >= 4 is 15.9 Å². The van der Waals surface area contributed by atoms with Gasteiger partial charge in [0.2, 0.25) is 0 Å². The quantitative estimate of drug-likeness (QED) is 0.943. The van der Waals surface area contributed by atoms with E-state index in [0.717, 1.165) is 23.0 Å². The number of hydrogen-bond donors (Lipinski definition) is 1. The van der Waals surface area contributed by atoms with Crippen LogP contribution in [-0.4, -0.2) is 16.2 Å². The van der Waals surface area contributed by atoms with E-state index in [-0.39, 0.29) is 6.10 Å². The molecule has 1 aliphatic carbocycles. The van der Waals surface area contributed by atoms with E-state index in [1.54, 1.807) is 6.20 Å². The summed E-state index contributed by atoms with van der Waals surface area (Å²) in [4.78, 5) is 4.33. The average molecular weight is 318 g/mol. The zero-order valence-corrected chi connectivity index (χ0v) is 12.2.